The first-order valence-electron chi connectivity index (χ1n) is 11.4. The van der Waals surface area contributed by atoms with Crippen LogP contribution in [0.25, 0.3) is 10.8 Å². The minimum Gasteiger partial charge on any atom is -0.381 e. The molecule has 2 amide bonds. The summed E-state index contributed by atoms with van der Waals surface area (Å²) >= 11 is 0. The number of nitrogens with one attached hydrogen (secondary N) is 1. The third kappa shape index (κ3) is 3.84. The number of nitrogens with zero attached hydrogens (tertiary/aromatic N) is 1. The Morgan fingerprint density at radius 1 is 0.879 bits per heavy atom. The SMILES string of the molecule is C=CCNc1ccc2c3c(cccc13)C(=O)N(c1cc(C(C)(C)C)ccc1C(C)(C)C)C2=O. The van der Waals surface area contributed by atoms with E-state index in [0.717, 1.165) is 22.2 Å². The van der Waals surface area contributed by atoms with Crippen LogP contribution in [0.2, 0.25) is 0 Å². The number of benzene rings is 3. The zero-order chi connectivity index (χ0) is 24.1. The van der Waals surface area contributed by atoms with Crippen LogP contribution in [0.4, 0.5) is 11.4 Å². The average Bonchev–Trinajstić information content (AvgIpc) is 2.74. The van der Waals surface area contributed by atoms with Gasteiger partial charge in [0.2, 0.25) is 0 Å². The summed E-state index contributed by atoms with van der Waals surface area (Å²) in [7, 11) is 0. The van der Waals surface area contributed by atoms with Gasteiger partial charge in [0.15, 0.2) is 0 Å². The highest BCUT2D eigenvalue weighted by Crippen LogP contribution is 2.41. The molecule has 0 spiro atoms. The number of imide groups is 1. The molecular weight excluding hydrogens is 408 g/mol. The lowest BCUT2D eigenvalue weighted by Crippen LogP contribution is -2.42. The second kappa shape index (κ2) is 7.87. The number of rotatable bonds is 4. The largest absolute Gasteiger partial charge is 0.381 e. The lowest BCUT2D eigenvalue weighted by Gasteiger charge is -2.34. The standard InChI is InChI=1S/C29H32N2O2/c1-8-16-30-23-15-13-21-25-19(23)10-9-11-20(25)26(32)31(27(21)33)24-17-18(28(2,3)4)12-14-22(24)29(5,6)7/h8-15,17,30H,1,16H2,2-7H3. The molecule has 0 atom stereocenters. The second-order valence-corrected chi connectivity index (χ2v) is 10.7. The first-order chi connectivity index (χ1) is 15.4. The van der Waals surface area contributed by atoms with E-state index in [1.165, 1.54) is 4.90 Å². The number of carbonyl (C=O) groups excluding carboxylic acids is 2. The molecule has 33 heavy (non-hydrogen) atoms. The van der Waals surface area contributed by atoms with E-state index in [4.69, 9.17) is 0 Å². The monoisotopic (exact) mass is 440 g/mol. The van der Waals surface area contributed by atoms with Gasteiger partial charge in [-0.1, -0.05) is 71.9 Å². The van der Waals surface area contributed by atoms with Gasteiger partial charge in [0, 0.05) is 34.1 Å². The van der Waals surface area contributed by atoms with Crippen molar-refractivity contribution in [3.63, 3.8) is 0 Å². The third-order valence-electron chi connectivity index (χ3n) is 6.26. The molecule has 0 saturated heterocycles. The van der Waals surface area contributed by atoms with Crippen LogP contribution in [0, 0.1) is 0 Å². The van der Waals surface area contributed by atoms with Gasteiger partial charge in [0.1, 0.15) is 0 Å². The van der Waals surface area contributed by atoms with Crippen LogP contribution < -0.4 is 10.2 Å². The van der Waals surface area contributed by atoms with Gasteiger partial charge in [-0.2, -0.15) is 0 Å². The maximum Gasteiger partial charge on any atom is 0.265 e. The molecule has 0 saturated carbocycles. The number of hydrogen-bond acceptors (Lipinski definition) is 3. The van der Waals surface area contributed by atoms with E-state index in [-0.39, 0.29) is 22.6 Å². The van der Waals surface area contributed by atoms with Crippen LogP contribution in [0.1, 0.15) is 73.4 Å². The molecule has 3 aromatic rings. The van der Waals surface area contributed by atoms with E-state index in [9.17, 15) is 9.59 Å². The lowest BCUT2D eigenvalue weighted by atomic mass is 9.80. The summed E-state index contributed by atoms with van der Waals surface area (Å²) in [4.78, 5) is 29.1. The van der Waals surface area contributed by atoms with Gasteiger partial charge < -0.3 is 5.32 Å². The number of carbonyl (C=O) groups is 2. The topological polar surface area (TPSA) is 49.4 Å². The lowest BCUT2D eigenvalue weighted by molar-refractivity contribution is 0.0893. The van der Waals surface area contributed by atoms with E-state index >= 15 is 0 Å². The fourth-order valence-corrected chi connectivity index (χ4v) is 4.47. The zero-order valence-corrected chi connectivity index (χ0v) is 20.4. The fraction of sp³-hybridized carbons (Fsp3) is 0.310. The molecule has 1 N–H and O–H groups in total. The van der Waals surface area contributed by atoms with Crippen LogP contribution >= 0.6 is 0 Å². The van der Waals surface area contributed by atoms with Crippen molar-refractivity contribution in [3.8, 4) is 0 Å². The first kappa shape index (κ1) is 22.8. The smallest absolute Gasteiger partial charge is 0.265 e. The maximum absolute atomic E-state index is 13.8. The van der Waals surface area contributed by atoms with Crippen molar-refractivity contribution in [1.29, 1.82) is 0 Å². The Bertz CT molecular complexity index is 1270. The predicted octanol–water partition coefficient (Wildman–Crippen LogP) is 6.83. The van der Waals surface area contributed by atoms with E-state index in [1.54, 1.807) is 6.08 Å². The van der Waals surface area contributed by atoms with Crippen LogP contribution in [-0.4, -0.2) is 18.4 Å². The quantitative estimate of drug-likeness (QED) is 0.357. The summed E-state index contributed by atoms with van der Waals surface area (Å²) in [5, 5.41) is 4.89. The van der Waals surface area contributed by atoms with Crippen molar-refractivity contribution in [2.24, 2.45) is 0 Å². The summed E-state index contributed by atoms with van der Waals surface area (Å²) in [5.74, 6) is -0.564. The van der Waals surface area contributed by atoms with Crippen molar-refractivity contribution >= 4 is 34.0 Å². The van der Waals surface area contributed by atoms with Gasteiger partial charge in [-0.3, -0.25) is 9.59 Å². The van der Waals surface area contributed by atoms with E-state index in [2.05, 4.69) is 65.6 Å². The molecule has 0 unspecified atom stereocenters. The molecule has 1 heterocycles. The van der Waals surface area contributed by atoms with E-state index in [0.29, 0.717) is 28.7 Å². The average molecular weight is 441 g/mol. The minimum atomic E-state index is -0.282. The number of hydrogen-bond donors (Lipinski definition) is 1. The molecular formula is C29H32N2O2. The Hall–Kier alpha value is -3.40. The third-order valence-corrected chi connectivity index (χ3v) is 6.26. The predicted molar refractivity (Wildman–Crippen MR) is 138 cm³/mol. The van der Waals surface area contributed by atoms with Crippen molar-refractivity contribution in [1.82, 2.24) is 0 Å². The van der Waals surface area contributed by atoms with Crippen LogP contribution in [0.15, 0.2) is 61.2 Å². The van der Waals surface area contributed by atoms with Crippen LogP contribution in [0.3, 0.4) is 0 Å². The maximum atomic E-state index is 13.8. The van der Waals surface area contributed by atoms with Gasteiger partial charge in [0.05, 0.1) is 5.69 Å². The summed E-state index contributed by atoms with van der Waals surface area (Å²) in [6, 6.07) is 15.6. The molecule has 3 aromatic carbocycles. The summed E-state index contributed by atoms with van der Waals surface area (Å²) in [6.45, 7) is 17.1. The normalized spacial score (nSPS) is 14.1. The molecule has 0 bridgehead atoms. The molecule has 0 aliphatic carbocycles. The molecule has 4 nitrogen and oxygen atoms in total. The van der Waals surface area contributed by atoms with Crippen molar-refractivity contribution in [2.75, 3.05) is 16.8 Å². The molecule has 170 valence electrons. The highest BCUT2D eigenvalue weighted by Gasteiger charge is 2.37. The Labute approximate surface area is 196 Å². The molecule has 4 rings (SSSR count). The first-order valence-corrected chi connectivity index (χ1v) is 11.4. The Morgan fingerprint density at radius 2 is 1.55 bits per heavy atom. The number of amides is 2. The molecule has 1 aliphatic rings. The van der Waals surface area contributed by atoms with Gasteiger partial charge in [-0.25, -0.2) is 4.90 Å². The molecule has 0 radical (unpaired) electrons. The van der Waals surface area contributed by atoms with Crippen LogP contribution in [-0.2, 0) is 10.8 Å². The Morgan fingerprint density at radius 3 is 2.15 bits per heavy atom. The summed E-state index contributed by atoms with van der Waals surface area (Å²) in [5.41, 5.74) is 4.34. The van der Waals surface area contributed by atoms with Gasteiger partial charge >= 0.3 is 0 Å². The molecule has 0 aromatic heterocycles. The fourth-order valence-electron chi connectivity index (χ4n) is 4.47. The molecule has 4 heteroatoms. The Balaban J connectivity index is 1.96. The minimum absolute atomic E-state index is 0.114. The van der Waals surface area contributed by atoms with E-state index in [1.807, 2.05) is 36.4 Å². The summed E-state index contributed by atoms with van der Waals surface area (Å²) < 4.78 is 0. The van der Waals surface area contributed by atoms with Gasteiger partial charge in [-0.05, 0) is 46.2 Å². The Kier molecular flexibility index (Phi) is 5.44. The van der Waals surface area contributed by atoms with Crippen molar-refractivity contribution in [2.45, 2.75) is 52.4 Å². The molecule has 1 aliphatic heterocycles. The zero-order valence-electron chi connectivity index (χ0n) is 20.4. The number of anilines is 2. The second-order valence-electron chi connectivity index (χ2n) is 10.7. The van der Waals surface area contributed by atoms with E-state index < -0.39 is 0 Å². The van der Waals surface area contributed by atoms with Crippen molar-refractivity contribution in [3.05, 3.63) is 83.4 Å². The van der Waals surface area contributed by atoms with Crippen LogP contribution in [0.5, 0.6) is 0 Å². The summed E-state index contributed by atoms with van der Waals surface area (Å²) in [6.07, 6.45) is 1.78. The van der Waals surface area contributed by atoms with Gasteiger partial charge in [0.25, 0.3) is 11.8 Å². The highest BCUT2D eigenvalue weighted by molar-refractivity contribution is 6.36. The molecule has 0 fully saturated rings. The van der Waals surface area contributed by atoms with Gasteiger partial charge in [-0.15, -0.1) is 6.58 Å². The highest BCUT2D eigenvalue weighted by atomic mass is 16.2. The van der Waals surface area contributed by atoms with Crippen molar-refractivity contribution < 1.29 is 9.59 Å².